The number of hydrogen-bond acceptors (Lipinski definition) is 4. The van der Waals surface area contributed by atoms with Crippen LogP contribution in [0.4, 0.5) is 4.79 Å². The van der Waals surface area contributed by atoms with Gasteiger partial charge in [0.15, 0.2) is 5.96 Å². The second-order valence-electron chi connectivity index (χ2n) is 5.03. The summed E-state index contributed by atoms with van der Waals surface area (Å²) in [6.07, 6.45) is 5.10. The van der Waals surface area contributed by atoms with E-state index in [1.165, 1.54) is 6.20 Å². The van der Waals surface area contributed by atoms with Gasteiger partial charge in [0, 0.05) is 12.7 Å². The number of benzene rings is 1. The van der Waals surface area contributed by atoms with Crippen molar-refractivity contribution in [3.63, 3.8) is 0 Å². The molecule has 1 fully saturated rings. The van der Waals surface area contributed by atoms with Crippen LogP contribution < -0.4 is 21.5 Å². The Kier molecular flexibility index (Phi) is 6.18. The van der Waals surface area contributed by atoms with Gasteiger partial charge in [0.1, 0.15) is 11.4 Å². The Labute approximate surface area is 153 Å². The van der Waals surface area contributed by atoms with Crippen molar-refractivity contribution in [2.24, 2.45) is 16.5 Å². The molecule has 0 spiro atoms. The van der Waals surface area contributed by atoms with E-state index in [2.05, 4.69) is 26.2 Å². The first kappa shape index (κ1) is 18.5. The van der Waals surface area contributed by atoms with Gasteiger partial charge in [-0.25, -0.2) is 9.69 Å². The first-order chi connectivity index (χ1) is 11.9. The third-order valence-electron chi connectivity index (χ3n) is 3.27. The van der Waals surface area contributed by atoms with Crippen molar-refractivity contribution in [3.8, 4) is 5.75 Å². The van der Waals surface area contributed by atoms with Gasteiger partial charge in [0.25, 0.3) is 5.91 Å². The molecule has 1 saturated heterocycles. The quantitative estimate of drug-likeness (QED) is 0.217. The van der Waals surface area contributed by atoms with Gasteiger partial charge in [-0.15, -0.1) is 0 Å². The molecule has 0 bridgehead atoms. The summed E-state index contributed by atoms with van der Waals surface area (Å²) in [4.78, 5) is 29.0. The number of ether oxygens (including phenoxy) is 1. The van der Waals surface area contributed by atoms with Crippen molar-refractivity contribution < 1.29 is 14.3 Å². The lowest BCUT2D eigenvalue weighted by Gasteiger charge is -2.06. The molecule has 2 rings (SSSR count). The normalized spacial score (nSPS) is 15.8. The zero-order chi connectivity index (χ0) is 18.4. The number of aliphatic imine (C=N–C) groups is 1. The highest BCUT2D eigenvalue weighted by atomic mass is 79.9. The summed E-state index contributed by atoms with van der Waals surface area (Å²) in [5.41, 5.74) is 11.5. The lowest BCUT2D eigenvalue weighted by atomic mass is 10.2. The molecule has 1 aromatic carbocycles. The fourth-order valence-electron chi connectivity index (χ4n) is 2.07. The number of nitrogens with one attached hydrogen (secondary N) is 1. The van der Waals surface area contributed by atoms with E-state index >= 15 is 0 Å². The number of carbonyl (C=O) groups is 2. The molecule has 0 aliphatic carbocycles. The number of amides is 3. The molecule has 0 unspecified atom stereocenters. The van der Waals surface area contributed by atoms with Gasteiger partial charge in [-0.05, 0) is 46.1 Å². The van der Waals surface area contributed by atoms with Crippen LogP contribution in [0.5, 0.6) is 5.75 Å². The Morgan fingerprint density at radius 2 is 2.16 bits per heavy atom. The van der Waals surface area contributed by atoms with E-state index in [4.69, 9.17) is 16.2 Å². The van der Waals surface area contributed by atoms with E-state index in [1.54, 1.807) is 25.3 Å². The topological polar surface area (TPSA) is 123 Å². The Bertz CT molecular complexity index is 769. The first-order valence-corrected chi connectivity index (χ1v) is 8.13. The van der Waals surface area contributed by atoms with Crippen LogP contribution in [-0.2, 0) is 4.79 Å². The summed E-state index contributed by atoms with van der Waals surface area (Å²) >= 11 is 3.38. The lowest BCUT2D eigenvalue weighted by Crippen LogP contribution is -2.25. The van der Waals surface area contributed by atoms with Crippen molar-refractivity contribution >= 4 is 39.9 Å². The highest BCUT2D eigenvalue weighted by molar-refractivity contribution is 9.10. The number of urea groups is 1. The highest BCUT2D eigenvalue weighted by Crippen LogP contribution is 2.26. The van der Waals surface area contributed by atoms with Crippen LogP contribution in [0.1, 0.15) is 12.0 Å². The van der Waals surface area contributed by atoms with E-state index in [-0.39, 0.29) is 11.7 Å². The molecule has 9 heteroatoms. The standard InChI is InChI=1S/C16H18BrN5O3/c1-25-13-5-4-10(9-11(13)17)6-8-22-14(23)12(21-16(22)24)3-2-7-20-15(18)19/h3-6,8-9H,2,7H2,1H3,(H,21,24)(H4,18,19,20)/b8-6+,12-3-. The second-order valence-corrected chi connectivity index (χ2v) is 5.88. The summed E-state index contributed by atoms with van der Waals surface area (Å²) in [7, 11) is 1.57. The van der Waals surface area contributed by atoms with Gasteiger partial charge in [-0.2, -0.15) is 0 Å². The molecule has 1 aliphatic heterocycles. The van der Waals surface area contributed by atoms with Gasteiger partial charge in [0.05, 0.1) is 11.6 Å². The van der Waals surface area contributed by atoms with E-state index in [0.29, 0.717) is 18.7 Å². The SMILES string of the molecule is COc1ccc(/C=C/N2C(=O)N/C(=C\CCN=C(N)N)C2=O)cc1Br. The van der Waals surface area contributed by atoms with Crippen LogP contribution in [0.15, 0.2) is 45.6 Å². The molecule has 132 valence electrons. The maximum atomic E-state index is 12.2. The van der Waals surface area contributed by atoms with Gasteiger partial charge in [-0.3, -0.25) is 9.79 Å². The summed E-state index contributed by atoms with van der Waals surface area (Å²) in [6, 6.07) is 4.90. The van der Waals surface area contributed by atoms with Gasteiger partial charge < -0.3 is 21.5 Å². The molecule has 5 N–H and O–H groups in total. The molecule has 1 aromatic rings. The van der Waals surface area contributed by atoms with Gasteiger partial charge in [0.2, 0.25) is 0 Å². The number of nitrogens with two attached hydrogens (primary N) is 2. The summed E-state index contributed by atoms with van der Waals surface area (Å²) in [5.74, 6) is 0.243. The number of imide groups is 1. The molecule has 0 atom stereocenters. The largest absolute Gasteiger partial charge is 0.496 e. The zero-order valence-electron chi connectivity index (χ0n) is 13.5. The highest BCUT2D eigenvalue weighted by Gasteiger charge is 2.31. The molecule has 0 aromatic heterocycles. The summed E-state index contributed by atoms with van der Waals surface area (Å²) in [6.45, 7) is 0.338. The number of nitrogens with zero attached hydrogens (tertiary/aromatic N) is 2. The van der Waals surface area contributed by atoms with Crippen LogP contribution >= 0.6 is 15.9 Å². The predicted molar refractivity (Wildman–Crippen MR) is 98.5 cm³/mol. The first-order valence-electron chi connectivity index (χ1n) is 7.34. The van der Waals surface area contributed by atoms with Crippen LogP contribution in [0.25, 0.3) is 6.08 Å². The minimum atomic E-state index is -0.512. The number of halogens is 1. The average molecular weight is 408 g/mol. The Balaban J connectivity index is 2.06. The van der Waals surface area contributed by atoms with Crippen molar-refractivity contribution in [1.82, 2.24) is 10.2 Å². The van der Waals surface area contributed by atoms with Crippen molar-refractivity contribution in [2.75, 3.05) is 13.7 Å². The number of carbonyl (C=O) groups excluding carboxylic acids is 2. The molecule has 0 radical (unpaired) electrons. The van der Waals surface area contributed by atoms with E-state index in [1.807, 2.05) is 12.1 Å². The summed E-state index contributed by atoms with van der Waals surface area (Å²) < 4.78 is 5.93. The molecular formula is C16H18BrN5O3. The third-order valence-corrected chi connectivity index (χ3v) is 3.89. The molecule has 3 amide bonds. The number of rotatable bonds is 6. The third kappa shape index (κ3) is 4.83. The Morgan fingerprint density at radius 3 is 2.80 bits per heavy atom. The van der Waals surface area contributed by atoms with Crippen molar-refractivity contribution in [3.05, 3.63) is 46.2 Å². The van der Waals surface area contributed by atoms with E-state index in [9.17, 15) is 9.59 Å². The predicted octanol–water partition coefficient (Wildman–Crippen LogP) is 1.53. The molecule has 0 saturated carbocycles. The Hall–Kier alpha value is -2.81. The summed E-state index contributed by atoms with van der Waals surface area (Å²) in [5, 5.41) is 2.51. The van der Waals surface area contributed by atoms with Crippen molar-refractivity contribution in [1.29, 1.82) is 0 Å². The Morgan fingerprint density at radius 1 is 1.40 bits per heavy atom. The molecule has 8 nitrogen and oxygen atoms in total. The van der Waals surface area contributed by atoms with Gasteiger partial charge in [-0.1, -0.05) is 12.1 Å². The number of hydrogen-bond donors (Lipinski definition) is 3. The second kappa shape index (κ2) is 8.34. The maximum absolute atomic E-state index is 12.2. The fourth-order valence-corrected chi connectivity index (χ4v) is 2.63. The molecule has 1 heterocycles. The zero-order valence-corrected chi connectivity index (χ0v) is 15.1. The fraction of sp³-hybridized carbons (Fsp3) is 0.188. The van der Waals surface area contributed by atoms with Crippen LogP contribution in [0, 0.1) is 0 Å². The minimum Gasteiger partial charge on any atom is -0.496 e. The molecular weight excluding hydrogens is 390 g/mol. The average Bonchev–Trinajstić information content (AvgIpc) is 2.83. The van der Waals surface area contributed by atoms with E-state index in [0.717, 1.165) is 14.9 Å². The number of methoxy groups -OCH3 is 1. The smallest absolute Gasteiger partial charge is 0.333 e. The van der Waals surface area contributed by atoms with Crippen LogP contribution in [0.2, 0.25) is 0 Å². The molecule has 25 heavy (non-hydrogen) atoms. The van der Waals surface area contributed by atoms with Crippen LogP contribution in [0.3, 0.4) is 0 Å². The van der Waals surface area contributed by atoms with Crippen molar-refractivity contribution in [2.45, 2.75) is 6.42 Å². The maximum Gasteiger partial charge on any atom is 0.333 e. The van der Waals surface area contributed by atoms with E-state index < -0.39 is 11.9 Å². The number of guanidine groups is 1. The van der Waals surface area contributed by atoms with Gasteiger partial charge >= 0.3 is 6.03 Å². The molecule has 1 aliphatic rings. The van der Waals surface area contributed by atoms with Crippen LogP contribution in [-0.4, -0.2) is 36.5 Å². The minimum absolute atomic E-state index is 0.0182. The monoisotopic (exact) mass is 407 g/mol. The lowest BCUT2D eigenvalue weighted by molar-refractivity contribution is -0.121.